The highest BCUT2D eigenvalue weighted by molar-refractivity contribution is 6.42. The van der Waals surface area contributed by atoms with E-state index in [0.29, 0.717) is 23.7 Å². The van der Waals surface area contributed by atoms with Gasteiger partial charge in [-0.2, -0.15) is 0 Å². The van der Waals surface area contributed by atoms with Gasteiger partial charge >= 0.3 is 0 Å². The number of anilines is 1. The SMILES string of the molecule is CCC(C)Cc1ncccc1N1C(=O)c2c(Cl)ccc([N+](=O)[O-])c2C1=O. The highest BCUT2D eigenvalue weighted by Crippen LogP contribution is 2.38. The smallest absolute Gasteiger partial charge is 0.268 e. The normalized spacial score (nSPS) is 14.5. The van der Waals surface area contributed by atoms with Gasteiger partial charge in [-0.25, -0.2) is 4.90 Å². The number of aromatic nitrogens is 1. The maximum atomic E-state index is 12.9. The van der Waals surface area contributed by atoms with E-state index in [0.717, 1.165) is 17.4 Å². The van der Waals surface area contributed by atoms with Crippen LogP contribution in [-0.4, -0.2) is 21.7 Å². The molecule has 26 heavy (non-hydrogen) atoms. The van der Waals surface area contributed by atoms with Gasteiger partial charge in [0.2, 0.25) is 0 Å². The summed E-state index contributed by atoms with van der Waals surface area (Å²) in [4.78, 5) is 41.6. The lowest BCUT2D eigenvalue weighted by Gasteiger charge is -2.18. The van der Waals surface area contributed by atoms with Crippen LogP contribution in [0, 0.1) is 16.0 Å². The van der Waals surface area contributed by atoms with E-state index < -0.39 is 22.4 Å². The molecule has 0 fully saturated rings. The van der Waals surface area contributed by atoms with Crippen molar-refractivity contribution >= 4 is 34.8 Å². The number of halogens is 1. The number of nitrogens with zero attached hydrogens (tertiary/aromatic N) is 3. The summed E-state index contributed by atoms with van der Waals surface area (Å²) in [5, 5.41) is 11.3. The van der Waals surface area contributed by atoms with Gasteiger partial charge in [-0.05, 0) is 30.5 Å². The second-order valence-electron chi connectivity index (χ2n) is 6.21. The van der Waals surface area contributed by atoms with Crippen molar-refractivity contribution in [2.45, 2.75) is 26.7 Å². The number of pyridine rings is 1. The Morgan fingerprint density at radius 2 is 1.92 bits per heavy atom. The Morgan fingerprint density at radius 3 is 2.58 bits per heavy atom. The van der Waals surface area contributed by atoms with E-state index in [-0.39, 0.29) is 16.1 Å². The van der Waals surface area contributed by atoms with Crippen LogP contribution in [0.15, 0.2) is 30.5 Å². The van der Waals surface area contributed by atoms with E-state index in [4.69, 9.17) is 11.6 Å². The Bertz CT molecular complexity index is 929. The molecule has 2 amide bonds. The van der Waals surface area contributed by atoms with E-state index in [1.807, 2.05) is 13.8 Å². The number of nitro benzene ring substituents is 1. The lowest BCUT2D eigenvalue weighted by Crippen LogP contribution is -2.31. The standard InChI is InChI=1S/C18H16ClN3O4/c1-3-10(2)9-12-13(5-4-8-20-12)21-17(23)15-11(19)6-7-14(22(25)26)16(15)18(21)24/h4-8,10H,3,9H2,1-2H3. The molecule has 2 heterocycles. The molecule has 1 aromatic carbocycles. The molecular formula is C18H16ClN3O4. The third-order valence-corrected chi connectivity index (χ3v) is 4.82. The van der Waals surface area contributed by atoms with Crippen molar-refractivity contribution in [1.82, 2.24) is 4.98 Å². The van der Waals surface area contributed by atoms with E-state index >= 15 is 0 Å². The molecule has 134 valence electrons. The summed E-state index contributed by atoms with van der Waals surface area (Å²) < 4.78 is 0. The summed E-state index contributed by atoms with van der Waals surface area (Å²) >= 11 is 6.07. The van der Waals surface area contributed by atoms with Gasteiger partial charge in [-0.3, -0.25) is 24.7 Å². The Hall–Kier alpha value is -2.80. The number of carbonyl (C=O) groups is 2. The molecule has 0 saturated heterocycles. The van der Waals surface area contributed by atoms with Crippen LogP contribution in [0.3, 0.4) is 0 Å². The third kappa shape index (κ3) is 2.84. The fraction of sp³-hybridized carbons (Fsp3) is 0.278. The molecule has 2 aromatic rings. The number of benzene rings is 1. The highest BCUT2D eigenvalue weighted by atomic mass is 35.5. The van der Waals surface area contributed by atoms with Gasteiger partial charge in [0.15, 0.2) is 0 Å². The summed E-state index contributed by atoms with van der Waals surface area (Å²) in [6.07, 6.45) is 3.08. The van der Waals surface area contributed by atoms with Crippen molar-refractivity contribution in [3.63, 3.8) is 0 Å². The molecule has 0 N–H and O–H groups in total. The summed E-state index contributed by atoms with van der Waals surface area (Å²) in [5.74, 6) is -1.12. The third-order valence-electron chi connectivity index (χ3n) is 4.51. The van der Waals surface area contributed by atoms with E-state index in [2.05, 4.69) is 4.98 Å². The molecule has 0 radical (unpaired) electrons. The summed E-state index contributed by atoms with van der Waals surface area (Å²) in [5.41, 5.74) is 0.0900. The zero-order valence-electron chi connectivity index (χ0n) is 14.2. The first kappa shape index (κ1) is 18.0. The molecule has 1 aliphatic rings. The summed E-state index contributed by atoms with van der Waals surface area (Å²) in [6.45, 7) is 4.08. The minimum Gasteiger partial charge on any atom is -0.268 e. The molecule has 0 saturated carbocycles. The van der Waals surface area contributed by atoms with Crippen molar-refractivity contribution in [2.24, 2.45) is 5.92 Å². The second-order valence-corrected chi connectivity index (χ2v) is 6.61. The molecule has 0 aliphatic carbocycles. The fourth-order valence-corrected chi connectivity index (χ4v) is 3.18. The molecule has 1 unspecified atom stereocenters. The number of rotatable bonds is 5. The molecular weight excluding hydrogens is 358 g/mol. The van der Waals surface area contributed by atoms with Crippen LogP contribution in [0.25, 0.3) is 0 Å². The van der Waals surface area contributed by atoms with E-state index in [1.54, 1.807) is 18.3 Å². The monoisotopic (exact) mass is 373 g/mol. The molecule has 1 aliphatic heterocycles. The molecule has 3 rings (SSSR count). The zero-order chi connectivity index (χ0) is 19.0. The quantitative estimate of drug-likeness (QED) is 0.448. The van der Waals surface area contributed by atoms with Gasteiger partial charge < -0.3 is 0 Å². The first-order valence-corrected chi connectivity index (χ1v) is 8.54. The number of hydrogen-bond donors (Lipinski definition) is 0. The molecule has 1 aromatic heterocycles. The summed E-state index contributed by atoms with van der Waals surface area (Å²) in [7, 11) is 0. The highest BCUT2D eigenvalue weighted by Gasteiger charge is 2.44. The van der Waals surface area contributed by atoms with Crippen LogP contribution in [0.4, 0.5) is 11.4 Å². The lowest BCUT2D eigenvalue weighted by molar-refractivity contribution is -0.385. The van der Waals surface area contributed by atoms with Crippen molar-refractivity contribution in [3.8, 4) is 0 Å². The largest absolute Gasteiger partial charge is 0.283 e. The molecule has 0 spiro atoms. The van der Waals surface area contributed by atoms with Gasteiger partial charge in [0.1, 0.15) is 5.56 Å². The van der Waals surface area contributed by atoms with Gasteiger partial charge in [-0.1, -0.05) is 31.9 Å². The minimum atomic E-state index is -0.752. The Kier molecular flexibility index (Phi) is 4.73. The maximum absolute atomic E-state index is 12.9. The van der Waals surface area contributed by atoms with Crippen LogP contribution < -0.4 is 4.90 Å². The average molecular weight is 374 g/mol. The second kappa shape index (κ2) is 6.84. The Morgan fingerprint density at radius 1 is 1.23 bits per heavy atom. The van der Waals surface area contributed by atoms with Crippen LogP contribution in [0.5, 0.6) is 0 Å². The maximum Gasteiger partial charge on any atom is 0.283 e. The van der Waals surface area contributed by atoms with Crippen LogP contribution >= 0.6 is 11.6 Å². The van der Waals surface area contributed by atoms with Gasteiger partial charge in [-0.15, -0.1) is 0 Å². The topological polar surface area (TPSA) is 93.4 Å². The van der Waals surface area contributed by atoms with Crippen LogP contribution in [0.1, 0.15) is 46.7 Å². The van der Waals surface area contributed by atoms with Gasteiger partial charge in [0.05, 0.1) is 26.9 Å². The number of nitro groups is 1. The van der Waals surface area contributed by atoms with Crippen molar-refractivity contribution in [1.29, 1.82) is 0 Å². The molecule has 1 atom stereocenters. The van der Waals surface area contributed by atoms with Crippen LogP contribution in [-0.2, 0) is 6.42 Å². The Balaban J connectivity index is 2.14. The zero-order valence-corrected chi connectivity index (χ0v) is 15.0. The lowest BCUT2D eigenvalue weighted by atomic mass is 10.0. The fourth-order valence-electron chi connectivity index (χ4n) is 2.94. The number of carbonyl (C=O) groups excluding carboxylic acids is 2. The average Bonchev–Trinajstić information content (AvgIpc) is 2.87. The first-order valence-electron chi connectivity index (χ1n) is 8.16. The van der Waals surface area contributed by atoms with Crippen molar-refractivity contribution in [3.05, 3.63) is 62.4 Å². The van der Waals surface area contributed by atoms with Crippen molar-refractivity contribution in [2.75, 3.05) is 4.90 Å². The molecule has 8 heteroatoms. The van der Waals surface area contributed by atoms with Gasteiger partial charge in [0.25, 0.3) is 17.5 Å². The Labute approximate surface area is 154 Å². The predicted molar refractivity (Wildman–Crippen MR) is 96.6 cm³/mol. The van der Waals surface area contributed by atoms with Crippen molar-refractivity contribution < 1.29 is 14.5 Å². The van der Waals surface area contributed by atoms with E-state index in [9.17, 15) is 19.7 Å². The number of hydrogen-bond acceptors (Lipinski definition) is 5. The molecule has 0 bridgehead atoms. The minimum absolute atomic E-state index is 0.0128. The van der Waals surface area contributed by atoms with E-state index in [1.165, 1.54) is 6.07 Å². The van der Waals surface area contributed by atoms with Crippen LogP contribution in [0.2, 0.25) is 5.02 Å². The molecule has 7 nitrogen and oxygen atoms in total. The number of amides is 2. The van der Waals surface area contributed by atoms with Gasteiger partial charge in [0, 0.05) is 12.3 Å². The number of fused-ring (bicyclic) bond motifs is 1. The first-order chi connectivity index (χ1) is 12.4. The summed E-state index contributed by atoms with van der Waals surface area (Å²) in [6, 6.07) is 5.64. The number of imide groups is 1. The predicted octanol–water partition coefficient (Wildman–Crippen LogP) is 4.03.